The third-order valence-electron chi connectivity index (χ3n) is 4.25. The highest BCUT2D eigenvalue weighted by Gasteiger charge is 2.39. The lowest BCUT2D eigenvalue weighted by molar-refractivity contribution is 0.0774. The fourth-order valence-electron chi connectivity index (χ4n) is 3.31. The zero-order chi connectivity index (χ0) is 12.7. The first-order chi connectivity index (χ1) is 8.66. The maximum absolute atomic E-state index is 12.3. The summed E-state index contributed by atoms with van der Waals surface area (Å²) in [6, 6.07) is 4.40. The van der Waals surface area contributed by atoms with Gasteiger partial charge in [-0.3, -0.25) is 4.79 Å². The van der Waals surface area contributed by atoms with Crippen LogP contribution in [-0.4, -0.2) is 34.1 Å². The minimum Gasteiger partial charge on any atom is -0.507 e. The van der Waals surface area contributed by atoms with Crippen molar-refractivity contribution in [3.8, 4) is 11.5 Å². The highest BCUT2D eigenvalue weighted by molar-refractivity contribution is 5.99. The number of benzene rings is 1. The molecule has 1 heterocycles. The first-order valence-corrected chi connectivity index (χ1v) is 6.47. The highest BCUT2D eigenvalue weighted by Crippen LogP contribution is 2.39. The number of hydrogen-bond donors (Lipinski definition) is 2. The monoisotopic (exact) mass is 247 g/mol. The van der Waals surface area contributed by atoms with E-state index >= 15 is 0 Å². The summed E-state index contributed by atoms with van der Waals surface area (Å²) in [7, 11) is 0. The second-order valence-electron chi connectivity index (χ2n) is 5.33. The number of phenolic OH excluding ortho intramolecular Hbond substituents is 2. The van der Waals surface area contributed by atoms with Gasteiger partial charge < -0.3 is 15.1 Å². The molecule has 4 nitrogen and oxygen atoms in total. The van der Waals surface area contributed by atoms with Crippen molar-refractivity contribution in [2.45, 2.75) is 19.3 Å². The third kappa shape index (κ3) is 1.72. The Morgan fingerprint density at radius 1 is 1.11 bits per heavy atom. The van der Waals surface area contributed by atoms with Gasteiger partial charge in [0.1, 0.15) is 17.1 Å². The average molecular weight is 247 g/mol. The average Bonchev–Trinajstić information content (AvgIpc) is 2.88. The van der Waals surface area contributed by atoms with E-state index < -0.39 is 0 Å². The fraction of sp³-hybridized carbons (Fsp3) is 0.500. The molecule has 2 aliphatic rings. The maximum atomic E-state index is 12.3. The minimum atomic E-state index is -0.250. The first-order valence-electron chi connectivity index (χ1n) is 6.47. The molecule has 2 N–H and O–H groups in total. The molecule has 18 heavy (non-hydrogen) atoms. The molecular weight excluding hydrogens is 230 g/mol. The van der Waals surface area contributed by atoms with Crippen LogP contribution in [0.2, 0.25) is 0 Å². The molecule has 2 fully saturated rings. The first kappa shape index (κ1) is 11.4. The number of amides is 1. The Morgan fingerprint density at radius 3 is 2.22 bits per heavy atom. The smallest absolute Gasteiger partial charge is 0.261 e. The lowest BCUT2D eigenvalue weighted by Gasteiger charge is -2.18. The number of phenols is 2. The molecule has 1 aliphatic carbocycles. The molecule has 3 rings (SSSR count). The molecule has 2 atom stereocenters. The van der Waals surface area contributed by atoms with Gasteiger partial charge in [-0.05, 0) is 36.8 Å². The van der Waals surface area contributed by atoms with Crippen LogP contribution in [0.5, 0.6) is 11.5 Å². The summed E-state index contributed by atoms with van der Waals surface area (Å²) in [5.41, 5.74) is 0.0393. The van der Waals surface area contributed by atoms with Gasteiger partial charge in [-0.2, -0.15) is 0 Å². The van der Waals surface area contributed by atoms with E-state index in [1.54, 1.807) is 4.90 Å². The number of nitrogens with zero attached hydrogens (tertiary/aromatic N) is 1. The normalized spacial score (nSPS) is 26.3. The summed E-state index contributed by atoms with van der Waals surface area (Å²) in [6.07, 6.45) is 3.65. The minimum absolute atomic E-state index is 0.0393. The second-order valence-corrected chi connectivity index (χ2v) is 5.33. The third-order valence-corrected chi connectivity index (χ3v) is 4.25. The van der Waals surface area contributed by atoms with E-state index in [2.05, 4.69) is 0 Å². The molecule has 0 bridgehead atoms. The van der Waals surface area contributed by atoms with Crippen LogP contribution in [0.4, 0.5) is 0 Å². The van der Waals surface area contributed by atoms with Gasteiger partial charge in [0.25, 0.3) is 5.91 Å². The lowest BCUT2D eigenvalue weighted by atomic mass is 10.0. The van der Waals surface area contributed by atoms with Crippen molar-refractivity contribution in [2.75, 3.05) is 13.1 Å². The van der Waals surface area contributed by atoms with Gasteiger partial charge in [-0.1, -0.05) is 12.5 Å². The van der Waals surface area contributed by atoms with E-state index in [9.17, 15) is 15.0 Å². The fourth-order valence-corrected chi connectivity index (χ4v) is 3.31. The number of carbonyl (C=O) groups excluding carboxylic acids is 1. The van der Waals surface area contributed by atoms with Gasteiger partial charge in [0.2, 0.25) is 0 Å². The Hall–Kier alpha value is -1.71. The highest BCUT2D eigenvalue weighted by atomic mass is 16.3. The summed E-state index contributed by atoms with van der Waals surface area (Å²) < 4.78 is 0. The van der Waals surface area contributed by atoms with Gasteiger partial charge in [0, 0.05) is 13.1 Å². The van der Waals surface area contributed by atoms with Crippen LogP contribution in [-0.2, 0) is 0 Å². The van der Waals surface area contributed by atoms with Crippen molar-refractivity contribution in [2.24, 2.45) is 11.8 Å². The van der Waals surface area contributed by atoms with E-state index in [-0.39, 0.29) is 23.0 Å². The van der Waals surface area contributed by atoms with E-state index in [0.29, 0.717) is 11.8 Å². The van der Waals surface area contributed by atoms with Crippen molar-refractivity contribution in [3.63, 3.8) is 0 Å². The zero-order valence-electron chi connectivity index (χ0n) is 10.2. The van der Waals surface area contributed by atoms with Crippen molar-refractivity contribution >= 4 is 5.91 Å². The Balaban J connectivity index is 1.83. The van der Waals surface area contributed by atoms with Gasteiger partial charge in [-0.15, -0.1) is 0 Å². The summed E-state index contributed by atoms with van der Waals surface area (Å²) in [5, 5.41) is 19.4. The summed E-state index contributed by atoms with van der Waals surface area (Å²) in [6.45, 7) is 1.52. The number of rotatable bonds is 1. The molecule has 1 saturated carbocycles. The number of likely N-dealkylation sites (tertiary alicyclic amines) is 1. The molecular formula is C14H17NO3. The Labute approximate surface area is 106 Å². The zero-order valence-corrected chi connectivity index (χ0v) is 10.2. The Morgan fingerprint density at radius 2 is 1.67 bits per heavy atom. The molecule has 1 aliphatic heterocycles. The second kappa shape index (κ2) is 4.19. The largest absolute Gasteiger partial charge is 0.507 e. The Kier molecular flexibility index (Phi) is 2.65. The summed E-state index contributed by atoms with van der Waals surface area (Å²) >= 11 is 0. The van der Waals surface area contributed by atoms with Crippen molar-refractivity contribution < 1.29 is 15.0 Å². The van der Waals surface area contributed by atoms with Crippen LogP contribution in [0.15, 0.2) is 18.2 Å². The Bertz CT molecular complexity index is 454. The van der Waals surface area contributed by atoms with Gasteiger partial charge in [0.05, 0.1) is 0 Å². The van der Waals surface area contributed by atoms with Crippen molar-refractivity contribution in [3.05, 3.63) is 23.8 Å². The quantitative estimate of drug-likeness (QED) is 0.797. The van der Waals surface area contributed by atoms with Crippen molar-refractivity contribution in [1.82, 2.24) is 4.90 Å². The SMILES string of the molecule is O=C(c1c(O)cccc1O)N1CC2CCCC2C1. The summed E-state index contributed by atoms with van der Waals surface area (Å²) in [5.74, 6) is 0.693. The van der Waals surface area contributed by atoms with E-state index in [1.807, 2.05) is 0 Å². The molecule has 96 valence electrons. The van der Waals surface area contributed by atoms with Gasteiger partial charge in [-0.25, -0.2) is 0 Å². The standard InChI is InChI=1S/C14H17NO3/c16-11-5-2-6-12(17)13(11)14(18)15-7-9-3-1-4-10(9)8-15/h2,5-6,9-10,16-17H,1,3-4,7-8H2. The number of aromatic hydroxyl groups is 2. The predicted molar refractivity (Wildman–Crippen MR) is 66.5 cm³/mol. The van der Waals surface area contributed by atoms with Crippen molar-refractivity contribution in [1.29, 1.82) is 0 Å². The molecule has 1 saturated heterocycles. The molecule has 0 spiro atoms. The van der Waals surface area contributed by atoms with Gasteiger partial charge in [0.15, 0.2) is 0 Å². The molecule has 1 amide bonds. The van der Waals surface area contributed by atoms with Crippen LogP contribution in [0.25, 0.3) is 0 Å². The molecule has 1 aromatic carbocycles. The maximum Gasteiger partial charge on any atom is 0.261 e. The summed E-state index contributed by atoms with van der Waals surface area (Å²) in [4.78, 5) is 14.1. The lowest BCUT2D eigenvalue weighted by Crippen LogP contribution is -2.29. The molecule has 0 aromatic heterocycles. The number of carbonyl (C=O) groups is 1. The predicted octanol–water partition coefficient (Wildman–Crippen LogP) is 1.97. The van der Waals surface area contributed by atoms with Crippen LogP contribution < -0.4 is 0 Å². The molecule has 2 unspecified atom stereocenters. The topological polar surface area (TPSA) is 60.8 Å². The van der Waals surface area contributed by atoms with Crippen LogP contribution in [0, 0.1) is 11.8 Å². The molecule has 0 radical (unpaired) electrons. The number of hydrogen-bond acceptors (Lipinski definition) is 3. The number of fused-ring (bicyclic) bond motifs is 1. The van der Waals surface area contributed by atoms with Crippen LogP contribution >= 0.6 is 0 Å². The van der Waals surface area contributed by atoms with E-state index in [0.717, 1.165) is 13.1 Å². The molecule has 4 heteroatoms. The van der Waals surface area contributed by atoms with Crippen LogP contribution in [0.1, 0.15) is 29.6 Å². The van der Waals surface area contributed by atoms with E-state index in [1.165, 1.54) is 37.5 Å². The van der Waals surface area contributed by atoms with E-state index in [4.69, 9.17) is 0 Å². The molecule has 1 aromatic rings. The van der Waals surface area contributed by atoms with Crippen LogP contribution in [0.3, 0.4) is 0 Å². The van der Waals surface area contributed by atoms with Gasteiger partial charge >= 0.3 is 0 Å².